The molecule has 4 heterocycles. The minimum Gasteiger partial charge on any atom is -0.497 e. The van der Waals surface area contributed by atoms with E-state index in [1.807, 2.05) is 71.3 Å². The number of H-pyrrole nitrogens is 1. The molecule has 0 bridgehead atoms. The van der Waals surface area contributed by atoms with E-state index >= 15 is 0 Å². The molecule has 33 heavy (non-hydrogen) atoms. The molecule has 6 rings (SSSR count). The second kappa shape index (κ2) is 7.59. The molecule has 0 radical (unpaired) electrons. The Hall–Kier alpha value is -4.46. The van der Waals surface area contributed by atoms with E-state index < -0.39 is 0 Å². The molecular weight excluding hydrogens is 420 g/mol. The van der Waals surface area contributed by atoms with E-state index in [2.05, 4.69) is 10.3 Å². The van der Waals surface area contributed by atoms with Crippen LogP contribution in [0.3, 0.4) is 0 Å². The summed E-state index contributed by atoms with van der Waals surface area (Å²) in [4.78, 5) is 20.8. The van der Waals surface area contributed by atoms with Gasteiger partial charge < -0.3 is 24.5 Å². The van der Waals surface area contributed by atoms with Crippen molar-refractivity contribution in [2.75, 3.05) is 19.2 Å². The Labute approximate surface area is 188 Å². The molecular formula is C25H20N4O4. The largest absolute Gasteiger partial charge is 0.497 e. The number of benzene rings is 2. The Kier molecular flexibility index (Phi) is 4.43. The fourth-order valence-corrected chi connectivity index (χ4v) is 4.07. The van der Waals surface area contributed by atoms with Gasteiger partial charge in [-0.1, -0.05) is 12.1 Å². The van der Waals surface area contributed by atoms with Crippen molar-refractivity contribution >= 4 is 22.4 Å². The third kappa shape index (κ3) is 3.32. The summed E-state index contributed by atoms with van der Waals surface area (Å²) < 4.78 is 18.1. The number of methoxy groups -OCH3 is 1. The first-order chi connectivity index (χ1) is 16.2. The van der Waals surface area contributed by atoms with Crippen LogP contribution in [0.4, 0.5) is 5.82 Å². The maximum Gasteiger partial charge on any atom is 0.258 e. The van der Waals surface area contributed by atoms with Gasteiger partial charge in [-0.3, -0.25) is 9.20 Å². The zero-order chi connectivity index (χ0) is 22.4. The summed E-state index contributed by atoms with van der Waals surface area (Å²) in [5.74, 6) is 2.90. The molecule has 8 nitrogen and oxygen atoms in total. The molecule has 0 amide bonds. The normalized spacial score (nSPS) is 12.4. The van der Waals surface area contributed by atoms with E-state index in [1.165, 1.54) is 0 Å². The summed E-state index contributed by atoms with van der Waals surface area (Å²) >= 11 is 0. The van der Waals surface area contributed by atoms with Gasteiger partial charge in [0.05, 0.1) is 18.2 Å². The lowest BCUT2D eigenvalue weighted by Gasteiger charge is -2.10. The third-order valence-corrected chi connectivity index (χ3v) is 5.74. The third-order valence-electron chi connectivity index (χ3n) is 5.74. The maximum absolute atomic E-state index is 13.1. The standard InChI is InChI=1S/C25H20N4O4/c1-31-17-7-6-16-11-18(25(30)27-19(16)12-17)23-24(29-9-3-2-4-22(29)28-23)26-13-15-5-8-20-21(10-15)33-14-32-20/h2-12,26H,13-14H2,1H3,(H,27,30). The van der Waals surface area contributed by atoms with Crippen LogP contribution in [0, 0.1) is 0 Å². The van der Waals surface area contributed by atoms with E-state index in [9.17, 15) is 4.79 Å². The number of hydrogen-bond donors (Lipinski definition) is 2. The predicted octanol–water partition coefficient (Wildman–Crippen LogP) is 4.19. The van der Waals surface area contributed by atoms with Crippen LogP contribution in [0.1, 0.15) is 5.56 Å². The molecule has 2 N–H and O–H groups in total. The van der Waals surface area contributed by atoms with E-state index in [-0.39, 0.29) is 12.4 Å². The second-order valence-corrected chi connectivity index (χ2v) is 7.74. The average Bonchev–Trinajstić information content (AvgIpc) is 3.46. The lowest BCUT2D eigenvalue weighted by Crippen LogP contribution is -2.11. The first-order valence-electron chi connectivity index (χ1n) is 10.5. The van der Waals surface area contributed by atoms with E-state index in [0.717, 1.165) is 33.9 Å². The van der Waals surface area contributed by atoms with Gasteiger partial charge in [-0.15, -0.1) is 0 Å². The highest BCUT2D eigenvalue weighted by Crippen LogP contribution is 2.33. The fourth-order valence-electron chi connectivity index (χ4n) is 4.07. The number of aromatic nitrogens is 3. The van der Waals surface area contributed by atoms with Gasteiger partial charge >= 0.3 is 0 Å². The molecule has 164 valence electrons. The van der Waals surface area contributed by atoms with Crippen LogP contribution >= 0.6 is 0 Å². The van der Waals surface area contributed by atoms with Crippen molar-refractivity contribution < 1.29 is 14.2 Å². The highest BCUT2D eigenvalue weighted by atomic mass is 16.7. The molecule has 0 saturated heterocycles. The molecule has 5 aromatic rings. The number of nitrogens with one attached hydrogen (secondary N) is 2. The number of hydrogen-bond acceptors (Lipinski definition) is 6. The quantitative estimate of drug-likeness (QED) is 0.426. The van der Waals surface area contributed by atoms with Gasteiger partial charge in [0.1, 0.15) is 22.9 Å². The van der Waals surface area contributed by atoms with Crippen molar-refractivity contribution in [1.29, 1.82) is 0 Å². The zero-order valence-corrected chi connectivity index (χ0v) is 17.8. The van der Waals surface area contributed by atoms with Crippen molar-refractivity contribution in [1.82, 2.24) is 14.4 Å². The Morgan fingerprint density at radius 3 is 2.91 bits per heavy atom. The molecule has 8 heteroatoms. The summed E-state index contributed by atoms with van der Waals surface area (Å²) in [6.45, 7) is 0.759. The molecule has 1 aliphatic rings. The molecule has 3 aromatic heterocycles. The van der Waals surface area contributed by atoms with Crippen molar-refractivity contribution in [2.45, 2.75) is 6.54 Å². The monoisotopic (exact) mass is 440 g/mol. The predicted molar refractivity (Wildman–Crippen MR) is 125 cm³/mol. The summed E-state index contributed by atoms with van der Waals surface area (Å²) in [5.41, 5.74) is 3.34. The minimum atomic E-state index is -0.217. The molecule has 0 fully saturated rings. The van der Waals surface area contributed by atoms with E-state index in [4.69, 9.17) is 19.2 Å². The van der Waals surface area contributed by atoms with Gasteiger partial charge in [0.25, 0.3) is 5.56 Å². The number of aromatic amines is 1. The highest BCUT2D eigenvalue weighted by Gasteiger charge is 2.18. The number of anilines is 1. The molecule has 0 spiro atoms. The van der Waals surface area contributed by atoms with Gasteiger partial charge in [-0.05, 0) is 53.4 Å². The number of ether oxygens (including phenoxy) is 3. The summed E-state index contributed by atoms with van der Waals surface area (Å²) in [6.07, 6.45) is 1.92. The molecule has 0 atom stereocenters. The molecule has 0 aliphatic carbocycles. The summed E-state index contributed by atoms with van der Waals surface area (Å²) in [6, 6.07) is 19.1. The van der Waals surface area contributed by atoms with Crippen LogP contribution in [-0.4, -0.2) is 28.3 Å². The number of pyridine rings is 2. The van der Waals surface area contributed by atoms with Gasteiger partial charge in [0, 0.05) is 18.8 Å². The average molecular weight is 440 g/mol. The Bertz CT molecular complexity index is 1570. The summed E-state index contributed by atoms with van der Waals surface area (Å²) in [5, 5.41) is 4.36. The smallest absolute Gasteiger partial charge is 0.258 e. The van der Waals surface area contributed by atoms with Gasteiger partial charge in [0.15, 0.2) is 11.5 Å². The van der Waals surface area contributed by atoms with Crippen LogP contribution in [0.5, 0.6) is 17.2 Å². The Balaban J connectivity index is 1.43. The van der Waals surface area contributed by atoms with Crippen molar-refractivity contribution in [3.8, 4) is 28.5 Å². The van der Waals surface area contributed by atoms with Crippen LogP contribution in [0.15, 0.2) is 71.7 Å². The molecule has 2 aromatic carbocycles. The fraction of sp³-hybridized carbons (Fsp3) is 0.120. The SMILES string of the molecule is COc1ccc2cc(-c3nc4ccccn4c3NCc3ccc4c(c3)OCO4)c(=O)[nH]c2c1. The molecule has 0 saturated carbocycles. The zero-order valence-electron chi connectivity index (χ0n) is 17.8. The van der Waals surface area contributed by atoms with Crippen LogP contribution < -0.4 is 25.1 Å². The minimum absolute atomic E-state index is 0.217. The second-order valence-electron chi connectivity index (χ2n) is 7.74. The van der Waals surface area contributed by atoms with Crippen molar-refractivity contribution in [3.05, 3.63) is 82.8 Å². The number of rotatable bonds is 5. The van der Waals surface area contributed by atoms with Crippen LogP contribution in [0.2, 0.25) is 0 Å². The van der Waals surface area contributed by atoms with Crippen LogP contribution in [0.25, 0.3) is 27.8 Å². The molecule has 1 aliphatic heterocycles. The first kappa shape index (κ1) is 19.2. The Morgan fingerprint density at radius 1 is 1.09 bits per heavy atom. The van der Waals surface area contributed by atoms with Gasteiger partial charge in [0.2, 0.25) is 6.79 Å². The Morgan fingerprint density at radius 2 is 2.00 bits per heavy atom. The van der Waals surface area contributed by atoms with E-state index in [1.54, 1.807) is 7.11 Å². The number of nitrogens with zero attached hydrogens (tertiary/aromatic N) is 2. The number of fused-ring (bicyclic) bond motifs is 3. The van der Waals surface area contributed by atoms with Gasteiger partial charge in [-0.25, -0.2) is 4.98 Å². The van der Waals surface area contributed by atoms with E-state index in [0.29, 0.717) is 29.1 Å². The van der Waals surface area contributed by atoms with Gasteiger partial charge in [-0.2, -0.15) is 0 Å². The summed E-state index contributed by atoms with van der Waals surface area (Å²) in [7, 11) is 1.60. The number of imidazole rings is 1. The molecule has 0 unspecified atom stereocenters. The lowest BCUT2D eigenvalue weighted by atomic mass is 10.1. The maximum atomic E-state index is 13.1. The van der Waals surface area contributed by atoms with Crippen molar-refractivity contribution in [2.24, 2.45) is 0 Å². The van der Waals surface area contributed by atoms with Crippen LogP contribution in [-0.2, 0) is 6.54 Å². The van der Waals surface area contributed by atoms with Crippen molar-refractivity contribution in [3.63, 3.8) is 0 Å². The highest BCUT2D eigenvalue weighted by molar-refractivity contribution is 5.86. The first-order valence-corrected chi connectivity index (χ1v) is 10.5. The topological polar surface area (TPSA) is 89.9 Å². The lowest BCUT2D eigenvalue weighted by molar-refractivity contribution is 0.174.